The molecule has 3 N–H and O–H groups in total. The zero-order chi connectivity index (χ0) is 18.7. The van der Waals surface area contributed by atoms with Gasteiger partial charge in [-0.25, -0.2) is 18.5 Å². The molecule has 3 aromatic rings. The molecular weight excluding hydrogens is 352 g/mol. The number of nitrogens with two attached hydrogens (primary N) is 1. The number of hydrogen-bond acceptors (Lipinski definition) is 4. The number of benzene rings is 1. The van der Waals surface area contributed by atoms with E-state index in [1.54, 1.807) is 12.1 Å². The summed E-state index contributed by atoms with van der Waals surface area (Å²) in [5.74, 6) is 0.610. The van der Waals surface area contributed by atoms with Gasteiger partial charge in [0.1, 0.15) is 5.82 Å². The Labute approximate surface area is 151 Å². The number of sulfonamides is 1. The number of carbonyl (C=O) groups excluding carboxylic acids is 1. The molecule has 0 aliphatic carbocycles. The molecule has 2 aromatic heterocycles. The maximum absolute atomic E-state index is 12.5. The summed E-state index contributed by atoms with van der Waals surface area (Å²) in [6.07, 6.45) is 3.20. The van der Waals surface area contributed by atoms with Crippen LogP contribution in [-0.2, 0) is 22.9 Å². The molecule has 7 nitrogen and oxygen atoms in total. The number of aromatic nitrogens is 2. The van der Waals surface area contributed by atoms with E-state index in [2.05, 4.69) is 10.3 Å². The topological polar surface area (TPSA) is 107 Å². The number of nitrogens with one attached hydrogen (secondary N) is 1. The lowest BCUT2D eigenvalue weighted by Gasteiger charge is -2.05. The second kappa shape index (κ2) is 7.27. The predicted octanol–water partition coefficient (Wildman–Crippen LogP) is 1.52. The summed E-state index contributed by atoms with van der Waals surface area (Å²) < 4.78 is 24.4. The van der Waals surface area contributed by atoms with Crippen molar-refractivity contribution >= 4 is 21.4 Å². The maximum Gasteiger partial charge on any atom is 0.272 e. The van der Waals surface area contributed by atoms with Gasteiger partial charge in [-0.2, -0.15) is 0 Å². The Bertz CT molecular complexity index is 1040. The minimum Gasteiger partial charge on any atom is -0.350 e. The first-order valence-corrected chi connectivity index (χ1v) is 9.80. The van der Waals surface area contributed by atoms with Crippen LogP contribution in [0.3, 0.4) is 0 Å². The van der Waals surface area contributed by atoms with Gasteiger partial charge in [0.2, 0.25) is 10.0 Å². The zero-order valence-corrected chi connectivity index (χ0v) is 15.2. The number of fused-ring (bicyclic) bond motifs is 1. The van der Waals surface area contributed by atoms with E-state index >= 15 is 0 Å². The first kappa shape index (κ1) is 18.1. The van der Waals surface area contributed by atoms with E-state index in [-0.39, 0.29) is 10.8 Å². The van der Waals surface area contributed by atoms with E-state index in [0.29, 0.717) is 18.7 Å². The molecule has 0 saturated carbocycles. The zero-order valence-electron chi connectivity index (χ0n) is 14.3. The number of rotatable bonds is 6. The van der Waals surface area contributed by atoms with Crippen molar-refractivity contribution in [1.29, 1.82) is 0 Å². The lowest BCUT2D eigenvalue weighted by Crippen LogP contribution is -2.26. The molecule has 136 valence electrons. The lowest BCUT2D eigenvalue weighted by atomic mass is 10.1. The molecule has 0 radical (unpaired) electrons. The lowest BCUT2D eigenvalue weighted by molar-refractivity contribution is 0.0951. The Morgan fingerprint density at radius 3 is 2.58 bits per heavy atom. The molecule has 0 unspecified atom stereocenters. The van der Waals surface area contributed by atoms with Crippen LogP contribution in [0.5, 0.6) is 0 Å². The fourth-order valence-corrected chi connectivity index (χ4v) is 3.28. The third-order valence-electron chi connectivity index (χ3n) is 4.10. The average Bonchev–Trinajstić information content (AvgIpc) is 3.00. The standard InChI is InChI=1S/C18H20N4O3S/c1-2-16-21-17(15-5-3-4-12-22(15)16)18(23)20-11-10-13-6-8-14(9-7-13)26(19,24)25/h3-9,12H,2,10-11H2,1H3,(H,20,23)(H2,19,24,25). The van der Waals surface area contributed by atoms with E-state index in [9.17, 15) is 13.2 Å². The molecule has 0 bridgehead atoms. The van der Waals surface area contributed by atoms with Crippen molar-refractivity contribution in [2.45, 2.75) is 24.7 Å². The maximum atomic E-state index is 12.5. The van der Waals surface area contributed by atoms with Crippen LogP contribution in [-0.4, -0.2) is 30.3 Å². The van der Waals surface area contributed by atoms with Crippen LogP contribution >= 0.6 is 0 Å². The van der Waals surface area contributed by atoms with Crippen LogP contribution in [0.4, 0.5) is 0 Å². The Morgan fingerprint density at radius 2 is 1.92 bits per heavy atom. The Hall–Kier alpha value is -2.71. The molecule has 0 spiro atoms. The van der Waals surface area contributed by atoms with Crippen molar-refractivity contribution in [1.82, 2.24) is 14.7 Å². The van der Waals surface area contributed by atoms with Gasteiger partial charge in [0.25, 0.3) is 5.91 Å². The van der Waals surface area contributed by atoms with Crippen molar-refractivity contribution in [3.8, 4) is 0 Å². The number of amides is 1. The summed E-state index contributed by atoms with van der Waals surface area (Å²) in [4.78, 5) is 17.0. The summed E-state index contributed by atoms with van der Waals surface area (Å²) in [5.41, 5.74) is 2.09. The molecule has 0 aliphatic heterocycles. The number of nitrogens with zero attached hydrogens (tertiary/aromatic N) is 2. The van der Waals surface area contributed by atoms with E-state index in [1.165, 1.54) is 12.1 Å². The number of carbonyl (C=O) groups is 1. The van der Waals surface area contributed by atoms with Crippen LogP contribution in [0.1, 0.15) is 28.8 Å². The summed E-state index contributed by atoms with van der Waals surface area (Å²) in [5, 5.41) is 7.94. The Balaban J connectivity index is 1.66. The first-order valence-electron chi connectivity index (χ1n) is 8.26. The first-order chi connectivity index (χ1) is 12.4. The van der Waals surface area contributed by atoms with Gasteiger partial charge in [-0.05, 0) is 36.2 Å². The molecule has 1 amide bonds. The summed E-state index contributed by atoms with van der Waals surface area (Å²) >= 11 is 0. The third-order valence-corrected chi connectivity index (χ3v) is 5.03. The SMILES string of the molecule is CCc1nc(C(=O)NCCc2ccc(S(N)(=O)=O)cc2)c2ccccn12. The molecule has 3 rings (SSSR count). The van der Waals surface area contributed by atoms with Crippen molar-refractivity contribution in [2.24, 2.45) is 5.14 Å². The second-order valence-electron chi connectivity index (χ2n) is 5.88. The molecular formula is C18H20N4O3S. The second-order valence-corrected chi connectivity index (χ2v) is 7.44. The molecule has 2 heterocycles. The van der Waals surface area contributed by atoms with Gasteiger partial charge in [0.05, 0.1) is 10.4 Å². The van der Waals surface area contributed by atoms with Gasteiger partial charge in [-0.1, -0.05) is 25.1 Å². The highest BCUT2D eigenvalue weighted by Gasteiger charge is 2.16. The van der Waals surface area contributed by atoms with Crippen molar-refractivity contribution in [3.05, 3.63) is 65.7 Å². The van der Waals surface area contributed by atoms with Gasteiger partial charge in [-0.15, -0.1) is 0 Å². The number of imidazole rings is 1. The fraction of sp³-hybridized carbons (Fsp3) is 0.222. The Kier molecular flexibility index (Phi) is 5.06. The normalized spacial score (nSPS) is 11.6. The smallest absolute Gasteiger partial charge is 0.272 e. The van der Waals surface area contributed by atoms with Gasteiger partial charge < -0.3 is 9.72 Å². The van der Waals surface area contributed by atoms with Crippen LogP contribution in [0.2, 0.25) is 0 Å². The van der Waals surface area contributed by atoms with Crippen molar-refractivity contribution in [3.63, 3.8) is 0 Å². The molecule has 0 aliphatic rings. The van der Waals surface area contributed by atoms with Gasteiger partial charge >= 0.3 is 0 Å². The molecule has 0 saturated heterocycles. The number of aryl methyl sites for hydroxylation is 1. The average molecular weight is 372 g/mol. The summed E-state index contributed by atoms with van der Waals surface area (Å²) in [7, 11) is -3.69. The molecule has 8 heteroatoms. The molecule has 0 fully saturated rings. The van der Waals surface area contributed by atoms with E-state index in [0.717, 1.165) is 23.3 Å². The molecule has 26 heavy (non-hydrogen) atoms. The van der Waals surface area contributed by atoms with Gasteiger partial charge in [-0.3, -0.25) is 4.79 Å². The van der Waals surface area contributed by atoms with E-state index in [1.807, 2.05) is 35.7 Å². The molecule has 0 atom stereocenters. The monoisotopic (exact) mass is 372 g/mol. The van der Waals surface area contributed by atoms with E-state index < -0.39 is 10.0 Å². The highest BCUT2D eigenvalue weighted by atomic mass is 32.2. The van der Waals surface area contributed by atoms with Crippen molar-refractivity contribution < 1.29 is 13.2 Å². The van der Waals surface area contributed by atoms with Crippen LogP contribution in [0, 0.1) is 0 Å². The van der Waals surface area contributed by atoms with Crippen LogP contribution in [0.15, 0.2) is 53.6 Å². The van der Waals surface area contributed by atoms with Crippen LogP contribution < -0.4 is 10.5 Å². The number of primary sulfonamides is 1. The van der Waals surface area contributed by atoms with Crippen molar-refractivity contribution in [2.75, 3.05) is 6.54 Å². The van der Waals surface area contributed by atoms with Gasteiger partial charge in [0.15, 0.2) is 5.69 Å². The minimum absolute atomic E-state index is 0.0712. The largest absolute Gasteiger partial charge is 0.350 e. The third kappa shape index (κ3) is 3.76. The quantitative estimate of drug-likeness (QED) is 0.684. The highest BCUT2D eigenvalue weighted by molar-refractivity contribution is 7.89. The highest BCUT2D eigenvalue weighted by Crippen LogP contribution is 2.14. The number of pyridine rings is 1. The number of hydrogen-bond donors (Lipinski definition) is 2. The van der Waals surface area contributed by atoms with E-state index in [4.69, 9.17) is 5.14 Å². The van der Waals surface area contributed by atoms with Crippen LogP contribution in [0.25, 0.3) is 5.52 Å². The van der Waals surface area contributed by atoms with Gasteiger partial charge in [0, 0.05) is 19.2 Å². The summed E-state index contributed by atoms with van der Waals surface area (Å²) in [6, 6.07) is 11.9. The summed E-state index contributed by atoms with van der Waals surface area (Å²) in [6.45, 7) is 2.41. The molecule has 1 aromatic carbocycles. The Morgan fingerprint density at radius 1 is 1.19 bits per heavy atom. The fourth-order valence-electron chi connectivity index (χ4n) is 2.77. The minimum atomic E-state index is -3.69. The predicted molar refractivity (Wildman–Crippen MR) is 98.4 cm³/mol.